The average Bonchev–Trinajstić information content (AvgIpc) is 2.51. The molecule has 1 rings (SSSR count). The molecule has 1 aromatic carbocycles. The van der Waals surface area contributed by atoms with Gasteiger partial charge in [-0.15, -0.1) is 0 Å². The van der Waals surface area contributed by atoms with E-state index in [1.54, 1.807) is 14.2 Å². The molecule has 0 aliphatic rings. The number of methoxy groups -OCH3 is 2. The van der Waals surface area contributed by atoms with Crippen molar-refractivity contribution in [1.82, 2.24) is 5.32 Å². The maximum absolute atomic E-state index is 5.42. The molecule has 0 bridgehead atoms. The fraction of sp³-hybridized carbons (Fsp3) is 0.667. The third kappa shape index (κ3) is 5.24. The van der Waals surface area contributed by atoms with Crippen LogP contribution in [0.2, 0.25) is 0 Å². The molecule has 0 aliphatic heterocycles. The van der Waals surface area contributed by atoms with Gasteiger partial charge < -0.3 is 14.8 Å². The average molecular weight is 293 g/mol. The van der Waals surface area contributed by atoms with Crippen molar-refractivity contribution in [2.45, 2.75) is 52.5 Å². The smallest absolute Gasteiger partial charge is 0.122 e. The van der Waals surface area contributed by atoms with Gasteiger partial charge in [0, 0.05) is 12.1 Å². The van der Waals surface area contributed by atoms with Gasteiger partial charge >= 0.3 is 0 Å². The second kappa shape index (κ2) is 9.67. The lowest BCUT2D eigenvalue weighted by molar-refractivity contribution is 0.317. The Morgan fingerprint density at radius 3 is 1.81 bits per heavy atom. The first-order valence-corrected chi connectivity index (χ1v) is 8.16. The lowest BCUT2D eigenvalue weighted by atomic mass is 9.86. The van der Waals surface area contributed by atoms with Crippen molar-refractivity contribution in [1.29, 1.82) is 0 Å². The summed E-state index contributed by atoms with van der Waals surface area (Å²) in [6.07, 6.45) is 4.91. The van der Waals surface area contributed by atoms with Crippen molar-refractivity contribution in [2.24, 2.45) is 5.92 Å². The topological polar surface area (TPSA) is 30.5 Å². The highest BCUT2D eigenvalue weighted by Crippen LogP contribution is 2.34. The van der Waals surface area contributed by atoms with Crippen LogP contribution in [0.5, 0.6) is 11.5 Å². The number of ether oxygens (including phenoxy) is 2. The van der Waals surface area contributed by atoms with Crippen molar-refractivity contribution < 1.29 is 9.47 Å². The van der Waals surface area contributed by atoms with Crippen LogP contribution in [-0.2, 0) is 0 Å². The van der Waals surface area contributed by atoms with Gasteiger partial charge in [0.2, 0.25) is 0 Å². The second-order valence-electron chi connectivity index (χ2n) is 5.52. The molecule has 1 unspecified atom stereocenters. The molecule has 3 nitrogen and oxygen atoms in total. The van der Waals surface area contributed by atoms with Crippen LogP contribution in [0.4, 0.5) is 0 Å². The molecule has 1 atom stereocenters. The number of rotatable bonds is 10. The Bertz CT molecular complexity index is 378. The van der Waals surface area contributed by atoms with E-state index in [4.69, 9.17) is 9.47 Å². The van der Waals surface area contributed by atoms with E-state index in [0.717, 1.165) is 18.0 Å². The van der Waals surface area contributed by atoms with Gasteiger partial charge in [-0.2, -0.15) is 0 Å². The monoisotopic (exact) mass is 293 g/mol. The SMILES string of the molecule is CCCC(CCC)C(NCC)c1cc(OC)cc(OC)c1. The molecule has 0 saturated heterocycles. The standard InChI is InChI=1S/C18H31NO2/c1-6-9-14(10-7-2)18(19-8-3)15-11-16(20-4)13-17(12-15)21-5/h11-14,18-19H,6-10H2,1-5H3. The number of nitrogens with one attached hydrogen (secondary N) is 1. The Labute approximate surface area is 130 Å². The van der Waals surface area contributed by atoms with Crippen LogP contribution in [0, 0.1) is 5.92 Å². The van der Waals surface area contributed by atoms with Crippen molar-refractivity contribution in [3.63, 3.8) is 0 Å². The zero-order chi connectivity index (χ0) is 15.7. The number of hydrogen-bond donors (Lipinski definition) is 1. The molecule has 0 aliphatic carbocycles. The summed E-state index contributed by atoms with van der Waals surface area (Å²) >= 11 is 0. The molecule has 120 valence electrons. The number of benzene rings is 1. The summed E-state index contributed by atoms with van der Waals surface area (Å²) in [6, 6.07) is 6.56. The van der Waals surface area contributed by atoms with E-state index in [-0.39, 0.29) is 0 Å². The normalized spacial score (nSPS) is 12.5. The molecule has 0 radical (unpaired) electrons. The third-order valence-corrected chi connectivity index (χ3v) is 3.95. The summed E-state index contributed by atoms with van der Waals surface area (Å²) in [7, 11) is 3.41. The predicted molar refractivity (Wildman–Crippen MR) is 89.3 cm³/mol. The molecule has 0 heterocycles. The Balaban J connectivity index is 3.12. The van der Waals surface area contributed by atoms with Crippen LogP contribution < -0.4 is 14.8 Å². The molecule has 0 amide bonds. The van der Waals surface area contributed by atoms with E-state index in [9.17, 15) is 0 Å². The summed E-state index contributed by atoms with van der Waals surface area (Å²) in [5, 5.41) is 3.66. The predicted octanol–water partition coefficient (Wildman–Crippen LogP) is 4.57. The molecular formula is C18H31NO2. The van der Waals surface area contributed by atoms with E-state index in [1.165, 1.54) is 31.2 Å². The highest BCUT2D eigenvalue weighted by atomic mass is 16.5. The molecule has 1 N–H and O–H groups in total. The molecule has 3 heteroatoms. The van der Waals surface area contributed by atoms with Gasteiger partial charge in [0.1, 0.15) is 11.5 Å². The third-order valence-electron chi connectivity index (χ3n) is 3.95. The minimum Gasteiger partial charge on any atom is -0.497 e. The van der Waals surface area contributed by atoms with Gasteiger partial charge in [-0.1, -0.05) is 33.6 Å². The van der Waals surface area contributed by atoms with Gasteiger partial charge in [-0.3, -0.25) is 0 Å². The van der Waals surface area contributed by atoms with E-state index >= 15 is 0 Å². The van der Waals surface area contributed by atoms with Gasteiger partial charge in [0.25, 0.3) is 0 Å². The summed E-state index contributed by atoms with van der Waals surface area (Å²) < 4.78 is 10.8. The van der Waals surface area contributed by atoms with Crippen molar-refractivity contribution in [2.75, 3.05) is 20.8 Å². The van der Waals surface area contributed by atoms with Crippen LogP contribution in [-0.4, -0.2) is 20.8 Å². The summed E-state index contributed by atoms with van der Waals surface area (Å²) in [5.74, 6) is 2.37. The second-order valence-corrected chi connectivity index (χ2v) is 5.52. The van der Waals surface area contributed by atoms with E-state index in [1.807, 2.05) is 6.07 Å². The van der Waals surface area contributed by atoms with E-state index < -0.39 is 0 Å². The van der Waals surface area contributed by atoms with Crippen molar-refractivity contribution in [3.8, 4) is 11.5 Å². The maximum Gasteiger partial charge on any atom is 0.122 e. The Morgan fingerprint density at radius 2 is 1.43 bits per heavy atom. The molecular weight excluding hydrogens is 262 g/mol. The molecule has 1 aromatic rings. The number of hydrogen-bond acceptors (Lipinski definition) is 3. The quantitative estimate of drug-likeness (QED) is 0.685. The largest absolute Gasteiger partial charge is 0.497 e. The fourth-order valence-corrected chi connectivity index (χ4v) is 3.00. The van der Waals surface area contributed by atoms with Crippen LogP contribution in [0.3, 0.4) is 0 Å². The van der Waals surface area contributed by atoms with Crippen LogP contribution in [0.1, 0.15) is 58.1 Å². The first-order chi connectivity index (χ1) is 10.2. The summed E-state index contributed by atoms with van der Waals surface area (Å²) in [6.45, 7) is 7.66. The zero-order valence-corrected chi connectivity index (χ0v) is 14.2. The Hall–Kier alpha value is -1.22. The first-order valence-electron chi connectivity index (χ1n) is 8.16. The highest BCUT2D eigenvalue weighted by Gasteiger charge is 2.22. The van der Waals surface area contributed by atoms with Gasteiger partial charge in [-0.05, 0) is 43.0 Å². The fourth-order valence-electron chi connectivity index (χ4n) is 3.00. The minimum atomic E-state index is 0.360. The van der Waals surface area contributed by atoms with Crippen molar-refractivity contribution >= 4 is 0 Å². The molecule has 0 aromatic heterocycles. The van der Waals surface area contributed by atoms with Crippen molar-refractivity contribution in [3.05, 3.63) is 23.8 Å². The molecule has 0 fully saturated rings. The summed E-state index contributed by atoms with van der Waals surface area (Å²) in [5.41, 5.74) is 1.26. The van der Waals surface area contributed by atoms with E-state index in [2.05, 4.69) is 38.2 Å². The van der Waals surface area contributed by atoms with Crippen LogP contribution in [0.25, 0.3) is 0 Å². The summed E-state index contributed by atoms with van der Waals surface area (Å²) in [4.78, 5) is 0. The molecule has 21 heavy (non-hydrogen) atoms. The molecule has 0 spiro atoms. The van der Waals surface area contributed by atoms with Crippen LogP contribution >= 0.6 is 0 Å². The Kier molecular flexibility index (Phi) is 8.21. The Morgan fingerprint density at radius 1 is 0.905 bits per heavy atom. The molecule has 0 saturated carbocycles. The maximum atomic E-state index is 5.42. The van der Waals surface area contributed by atoms with Gasteiger partial charge in [0.05, 0.1) is 14.2 Å². The van der Waals surface area contributed by atoms with Crippen LogP contribution in [0.15, 0.2) is 18.2 Å². The first kappa shape index (κ1) is 17.8. The van der Waals surface area contributed by atoms with E-state index in [0.29, 0.717) is 12.0 Å². The minimum absolute atomic E-state index is 0.360. The lowest BCUT2D eigenvalue weighted by Crippen LogP contribution is -2.28. The lowest BCUT2D eigenvalue weighted by Gasteiger charge is -2.28. The highest BCUT2D eigenvalue weighted by molar-refractivity contribution is 5.40. The zero-order valence-electron chi connectivity index (χ0n) is 14.2. The van der Waals surface area contributed by atoms with Gasteiger partial charge in [0.15, 0.2) is 0 Å². The van der Waals surface area contributed by atoms with Gasteiger partial charge in [-0.25, -0.2) is 0 Å².